The summed E-state index contributed by atoms with van der Waals surface area (Å²) in [4.78, 5) is 7.10. The molecule has 3 rings (SSSR count). The Hall–Kier alpha value is -1.62. The molecule has 2 fully saturated rings. The predicted molar refractivity (Wildman–Crippen MR) is 90.0 cm³/mol. The van der Waals surface area contributed by atoms with Gasteiger partial charge in [-0.15, -0.1) is 0 Å². The summed E-state index contributed by atoms with van der Waals surface area (Å²) >= 11 is 0. The van der Waals surface area contributed by atoms with Crippen LogP contribution in [0.2, 0.25) is 0 Å². The molecule has 23 heavy (non-hydrogen) atoms. The van der Waals surface area contributed by atoms with Crippen molar-refractivity contribution in [3.8, 4) is 0 Å². The van der Waals surface area contributed by atoms with Crippen LogP contribution in [-0.2, 0) is 11.3 Å². The summed E-state index contributed by atoms with van der Waals surface area (Å²) in [5.74, 6) is 0.797. The SMILES string of the molecule is CCNC(=NCc1ccc(F)c(C)c1)N1CCC2(CCOC2)C1. The van der Waals surface area contributed by atoms with E-state index >= 15 is 0 Å². The van der Waals surface area contributed by atoms with Crippen molar-refractivity contribution in [2.24, 2.45) is 10.4 Å². The van der Waals surface area contributed by atoms with Crippen molar-refractivity contribution in [3.63, 3.8) is 0 Å². The van der Waals surface area contributed by atoms with Gasteiger partial charge in [0.2, 0.25) is 0 Å². The number of benzene rings is 1. The number of nitrogens with one attached hydrogen (secondary N) is 1. The molecule has 1 spiro atoms. The molecule has 0 radical (unpaired) electrons. The van der Waals surface area contributed by atoms with Crippen molar-refractivity contribution in [1.82, 2.24) is 10.2 Å². The van der Waals surface area contributed by atoms with Gasteiger partial charge in [0, 0.05) is 31.7 Å². The van der Waals surface area contributed by atoms with Crippen LogP contribution in [0.5, 0.6) is 0 Å². The van der Waals surface area contributed by atoms with E-state index in [1.807, 2.05) is 12.1 Å². The number of halogens is 1. The zero-order chi connectivity index (χ0) is 16.3. The van der Waals surface area contributed by atoms with E-state index in [-0.39, 0.29) is 5.82 Å². The van der Waals surface area contributed by atoms with Crippen LogP contribution in [0.1, 0.15) is 30.9 Å². The fourth-order valence-corrected chi connectivity index (χ4v) is 3.48. The maximum atomic E-state index is 13.4. The van der Waals surface area contributed by atoms with Crippen molar-refractivity contribution in [3.05, 3.63) is 35.1 Å². The number of ether oxygens (including phenoxy) is 1. The van der Waals surface area contributed by atoms with Gasteiger partial charge in [0.15, 0.2) is 5.96 Å². The molecular weight excluding hydrogens is 293 g/mol. The highest BCUT2D eigenvalue weighted by Gasteiger charge is 2.42. The van der Waals surface area contributed by atoms with Crippen molar-refractivity contribution in [1.29, 1.82) is 0 Å². The number of rotatable bonds is 3. The van der Waals surface area contributed by atoms with Crippen molar-refractivity contribution < 1.29 is 9.13 Å². The third-order valence-corrected chi connectivity index (χ3v) is 4.89. The predicted octanol–water partition coefficient (Wildman–Crippen LogP) is 2.71. The van der Waals surface area contributed by atoms with Gasteiger partial charge in [-0.25, -0.2) is 9.38 Å². The van der Waals surface area contributed by atoms with Gasteiger partial charge in [-0.2, -0.15) is 0 Å². The van der Waals surface area contributed by atoms with E-state index in [0.717, 1.165) is 50.8 Å². The zero-order valence-electron chi connectivity index (χ0n) is 14.1. The summed E-state index contributed by atoms with van der Waals surface area (Å²) in [7, 11) is 0. The summed E-state index contributed by atoms with van der Waals surface area (Å²) in [5.41, 5.74) is 2.03. The standard InChI is InChI=1S/C18H26FN3O/c1-3-20-17(21-11-15-4-5-16(19)14(2)10-15)22-8-6-18(12-22)7-9-23-13-18/h4-5,10H,3,6-9,11-13H2,1-2H3,(H,20,21). The van der Waals surface area contributed by atoms with E-state index < -0.39 is 0 Å². The summed E-state index contributed by atoms with van der Waals surface area (Å²) in [6, 6.07) is 5.21. The quantitative estimate of drug-likeness (QED) is 0.687. The van der Waals surface area contributed by atoms with Crippen LogP contribution < -0.4 is 5.32 Å². The Morgan fingerprint density at radius 2 is 2.30 bits per heavy atom. The lowest BCUT2D eigenvalue weighted by Gasteiger charge is -2.25. The smallest absolute Gasteiger partial charge is 0.194 e. The normalized spacial score (nSPS) is 24.7. The van der Waals surface area contributed by atoms with Crippen LogP contribution in [-0.4, -0.2) is 43.7 Å². The second-order valence-electron chi connectivity index (χ2n) is 6.73. The highest BCUT2D eigenvalue weighted by Crippen LogP contribution is 2.38. The highest BCUT2D eigenvalue weighted by molar-refractivity contribution is 5.80. The van der Waals surface area contributed by atoms with E-state index in [1.165, 1.54) is 12.5 Å². The molecule has 5 heteroatoms. The second kappa shape index (κ2) is 6.87. The molecule has 0 aromatic heterocycles. The molecule has 2 saturated heterocycles. The van der Waals surface area contributed by atoms with Crippen LogP contribution in [0.3, 0.4) is 0 Å². The number of aliphatic imine (C=N–C) groups is 1. The molecule has 1 aromatic carbocycles. The Bertz CT molecular complexity index is 582. The summed E-state index contributed by atoms with van der Waals surface area (Å²) in [5, 5.41) is 3.39. The van der Waals surface area contributed by atoms with Crippen molar-refractivity contribution in [2.45, 2.75) is 33.2 Å². The Labute approximate surface area is 137 Å². The van der Waals surface area contributed by atoms with E-state index in [4.69, 9.17) is 9.73 Å². The average molecular weight is 319 g/mol. The topological polar surface area (TPSA) is 36.9 Å². The molecule has 1 N–H and O–H groups in total. The summed E-state index contributed by atoms with van der Waals surface area (Å²) < 4.78 is 19.0. The van der Waals surface area contributed by atoms with Gasteiger partial charge in [-0.05, 0) is 43.9 Å². The molecule has 0 amide bonds. The van der Waals surface area contributed by atoms with Gasteiger partial charge >= 0.3 is 0 Å². The molecule has 0 aliphatic carbocycles. The van der Waals surface area contributed by atoms with Crippen LogP contribution in [0, 0.1) is 18.2 Å². The monoisotopic (exact) mass is 319 g/mol. The lowest BCUT2D eigenvalue weighted by Crippen LogP contribution is -2.41. The largest absolute Gasteiger partial charge is 0.381 e. The first-order valence-electron chi connectivity index (χ1n) is 8.48. The zero-order valence-corrected chi connectivity index (χ0v) is 14.1. The summed E-state index contributed by atoms with van der Waals surface area (Å²) in [6.07, 6.45) is 2.33. The Balaban J connectivity index is 1.69. The molecule has 1 unspecified atom stereocenters. The van der Waals surface area contributed by atoms with Crippen LogP contribution in [0.25, 0.3) is 0 Å². The molecule has 126 valence electrons. The van der Waals surface area contributed by atoms with Gasteiger partial charge < -0.3 is 15.0 Å². The number of hydrogen-bond donors (Lipinski definition) is 1. The fourth-order valence-electron chi connectivity index (χ4n) is 3.48. The summed E-state index contributed by atoms with van der Waals surface area (Å²) in [6.45, 7) is 9.10. The molecular formula is C18H26FN3O. The molecule has 2 aliphatic rings. The minimum Gasteiger partial charge on any atom is -0.381 e. The van der Waals surface area contributed by atoms with Gasteiger partial charge in [0.1, 0.15) is 5.82 Å². The van der Waals surface area contributed by atoms with E-state index in [1.54, 1.807) is 6.92 Å². The third kappa shape index (κ3) is 3.66. The van der Waals surface area contributed by atoms with Crippen molar-refractivity contribution in [2.75, 3.05) is 32.8 Å². The van der Waals surface area contributed by atoms with E-state index in [9.17, 15) is 4.39 Å². The molecule has 4 nitrogen and oxygen atoms in total. The lowest BCUT2D eigenvalue weighted by molar-refractivity contribution is 0.156. The van der Waals surface area contributed by atoms with Crippen LogP contribution in [0.4, 0.5) is 4.39 Å². The number of guanidine groups is 1. The van der Waals surface area contributed by atoms with Crippen LogP contribution >= 0.6 is 0 Å². The van der Waals surface area contributed by atoms with Gasteiger partial charge in [0.05, 0.1) is 13.2 Å². The fraction of sp³-hybridized carbons (Fsp3) is 0.611. The van der Waals surface area contributed by atoms with Crippen LogP contribution in [0.15, 0.2) is 23.2 Å². The molecule has 0 saturated carbocycles. The number of nitrogens with zero attached hydrogens (tertiary/aromatic N) is 2. The van der Waals surface area contributed by atoms with Gasteiger partial charge in [-0.3, -0.25) is 0 Å². The number of aryl methyl sites for hydroxylation is 1. The number of hydrogen-bond acceptors (Lipinski definition) is 2. The lowest BCUT2D eigenvalue weighted by atomic mass is 9.87. The Morgan fingerprint density at radius 1 is 1.43 bits per heavy atom. The van der Waals surface area contributed by atoms with E-state index in [2.05, 4.69) is 17.1 Å². The third-order valence-electron chi connectivity index (χ3n) is 4.89. The molecule has 2 heterocycles. The minimum absolute atomic E-state index is 0.160. The van der Waals surface area contributed by atoms with Gasteiger partial charge in [-0.1, -0.05) is 12.1 Å². The first-order valence-corrected chi connectivity index (χ1v) is 8.48. The Morgan fingerprint density at radius 3 is 3.00 bits per heavy atom. The first kappa shape index (κ1) is 16.2. The first-order chi connectivity index (χ1) is 11.1. The average Bonchev–Trinajstić information content (AvgIpc) is 3.17. The second-order valence-corrected chi connectivity index (χ2v) is 6.73. The number of likely N-dealkylation sites (tertiary alicyclic amines) is 1. The molecule has 1 atom stereocenters. The Kier molecular flexibility index (Phi) is 4.85. The highest BCUT2D eigenvalue weighted by atomic mass is 19.1. The minimum atomic E-state index is -0.160. The molecule has 0 bridgehead atoms. The van der Waals surface area contributed by atoms with E-state index in [0.29, 0.717) is 17.5 Å². The molecule has 2 aliphatic heterocycles. The molecule has 1 aromatic rings. The van der Waals surface area contributed by atoms with Gasteiger partial charge in [0.25, 0.3) is 0 Å². The van der Waals surface area contributed by atoms with Crippen molar-refractivity contribution >= 4 is 5.96 Å². The maximum Gasteiger partial charge on any atom is 0.194 e. The maximum absolute atomic E-state index is 13.4.